The minimum atomic E-state index is -0.896. The number of urea groups is 1. The molecular weight excluding hydrogens is 184 g/mol. The third-order valence-electron chi connectivity index (χ3n) is 2.24. The van der Waals surface area contributed by atoms with Gasteiger partial charge >= 0.3 is 12.0 Å². The highest BCUT2D eigenvalue weighted by Gasteiger charge is 2.21. The van der Waals surface area contributed by atoms with Crippen LogP contribution in [-0.4, -0.2) is 30.2 Å². The zero-order valence-corrected chi connectivity index (χ0v) is 8.25. The minimum Gasteiger partial charge on any atom is -0.481 e. The first-order valence-electron chi connectivity index (χ1n) is 4.84. The zero-order valence-electron chi connectivity index (χ0n) is 8.25. The van der Waals surface area contributed by atoms with Gasteiger partial charge in [-0.3, -0.25) is 4.79 Å². The molecule has 80 valence electrons. The van der Waals surface area contributed by atoms with E-state index < -0.39 is 11.9 Å². The van der Waals surface area contributed by atoms with Crippen molar-refractivity contribution in [3.05, 3.63) is 0 Å². The van der Waals surface area contributed by atoms with Gasteiger partial charge in [0, 0.05) is 13.1 Å². The van der Waals surface area contributed by atoms with E-state index in [1.165, 1.54) is 12.8 Å². The number of aliphatic carboxylic acids is 1. The van der Waals surface area contributed by atoms with Crippen molar-refractivity contribution >= 4 is 12.0 Å². The fraction of sp³-hybridized carbons (Fsp3) is 0.778. The molecule has 0 bridgehead atoms. The van der Waals surface area contributed by atoms with E-state index in [1.807, 2.05) is 0 Å². The minimum absolute atomic E-state index is 0.172. The van der Waals surface area contributed by atoms with Crippen LogP contribution in [0.2, 0.25) is 0 Å². The lowest BCUT2D eigenvalue weighted by Crippen LogP contribution is -2.39. The lowest BCUT2D eigenvalue weighted by atomic mass is 10.2. The first-order chi connectivity index (χ1) is 6.59. The molecule has 0 aromatic rings. The second kappa shape index (κ2) is 4.83. The number of amides is 2. The van der Waals surface area contributed by atoms with Crippen LogP contribution >= 0.6 is 0 Å². The summed E-state index contributed by atoms with van der Waals surface area (Å²) in [6.07, 6.45) is 2.37. The van der Waals surface area contributed by atoms with Gasteiger partial charge in [-0.2, -0.15) is 0 Å². The normalized spacial score (nSPS) is 17.2. The second-order valence-corrected chi connectivity index (χ2v) is 3.77. The Morgan fingerprint density at radius 1 is 1.43 bits per heavy atom. The Morgan fingerprint density at radius 3 is 2.57 bits per heavy atom. The first kappa shape index (κ1) is 10.8. The first-order valence-corrected chi connectivity index (χ1v) is 4.84. The van der Waals surface area contributed by atoms with E-state index in [-0.39, 0.29) is 12.6 Å². The van der Waals surface area contributed by atoms with Gasteiger partial charge in [-0.15, -0.1) is 0 Å². The summed E-state index contributed by atoms with van der Waals surface area (Å²) < 4.78 is 0. The average molecular weight is 200 g/mol. The molecule has 1 aliphatic carbocycles. The van der Waals surface area contributed by atoms with Gasteiger partial charge in [0.1, 0.15) is 0 Å². The number of carboxylic acids is 1. The van der Waals surface area contributed by atoms with Crippen molar-refractivity contribution in [1.82, 2.24) is 10.6 Å². The monoisotopic (exact) mass is 200 g/mol. The summed E-state index contributed by atoms with van der Waals surface area (Å²) in [6.45, 7) is 2.43. The molecule has 1 saturated carbocycles. The molecule has 1 unspecified atom stereocenters. The molecule has 1 atom stereocenters. The van der Waals surface area contributed by atoms with Crippen molar-refractivity contribution in [2.24, 2.45) is 11.8 Å². The van der Waals surface area contributed by atoms with E-state index in [1.54, 1.807) is 6.92 Å². The van der Waals surface area contributed by atoms with E-state index in [9.17, 15) is 9.59 Å². The number of carbonyl (C=O) groups excluding carboxylic acids is 1. The Hall–Kier alpha value is -1.26. The summed E-state index contributed by atoms with van der Waals surface area (Å²) in [5.41, 5.74) is 0. The number of nitrogens with one attached hydrogen (secondary N) is 2. The fourth-order valence-corrected chi connectivity index (χ4v) is 0.955. The van der Waals surface area contributed by atoms with Crippen molar-refractivity contribution < 1.29 is 14.7 Å². The summed E-state index contributed by atoms with van der Waals surface area (Å²) in [7, 11) is 0. The maximum absolute atomic E-state index is 11.1. The number of hydrogen-bond donors (Lipinski definition) is 3. The molecule has 0 aromatic heterocycles. The average Bonchev–Trinajstić information content (AvgIpc) is 2.94. The van der Waals surface area contributed by atoms with E-state index in [2.05, 4.69) is 10.6 Å². The van der Waals surface area contributed by atoms with Gasteiger partial charge in [0.15, 0.2) is 0 Å². The molecule has 1 fully saturated rings. The largest absolute Gasteiger partial charge is 0.481 e. The zero-order chi connectivity index (χ0) is 10.6. The molecule has 2 amide bonds. The molecule has 0 heterocycles. The van der Waals surface area contributed by atoms with Crippen LogP contribution in [0, 0.1) is 11.8 Å². The molecule has 1 rings (SSSR count). The standard InChI is InChI=1S/C9H16N2O3/c1-6(8(12)13)4-10-9(14)11-5-7-2-3-7/h6-7H,2-5H2,1H3,(H,12,13)(H2,10,11,14). The van der Waals surface area contributed by atoms with Gasteiger partial charge in [0.2, 0.25) is 0 Å². The summed E-state index contributed by atoms with van der Waals surface area (Å²) in [6, 6.07) is -0.273. The highest BCUT2D eigenvalue weighted by Crippen LogP contribution is 2.27. The lowest BCUT2D eigenvalue weighted by Gasteiger charge is -2.09. The van der Waals surface area contributed by atoms with Crippen LogP contribution in [0.3, 0.4) is 0 Å². The third kappa shape index (κ3) is 4.11. The van der Waals surface area contributed by atoms with Gasteiger partial charge in [0.25, 0.3) is 0 Å². The molecule has 14 heavy (non-hydrogen) atoms. The van der Waals surface area contributed by atoms with Crippen LogP contribution in [0.4, 0.5) is 4.79 Å². The van der Waals surface area contributed by atoms with Crippen LogP contribution in [0.5, 0.6) is 0 Å². The molecule has 1 aliphatic rings. The van der Waals surface area contributed by atoms with Crippen LogP contribution in [0.15, 0.2) is 0 Å². The Balaban J connectivity index is 2.04. The van der Waals surface area contributed by atoms with Crippen molar-refractivity contribution in [3.63, 3.8) is 0 Å². The van der Waals surface area contributed by atoms with E-state index >= 15 is 0 Å². The number of hydrogen-bond acceptors (Lipinski definition) is 2. The second-order valence-electron chi connectivity index (χ2n) is 3.77. The maximum Gasteiger partial charge on any atom is 0.314 e. The molecule has 0 spiro atoms. The molecule has 0 radical (unpaired) electrons. The van der Waals surface area contributed by atoms with Crippen molar-refractivity contribution in [2.75, 3.05) is 13.1 Å². The third-order valence-corrected chi connectivity index (χ3v) is 2.24. The van der Waals surface area contributed by atoms with Gasteiger partial charge in [0.05, 0.1) is 5.92 Å². The van der Waals surface area contributed by atoms with Crippen molar-refractivity contribution in [3.8, 4) is 0 Å². The predicted octanol–water partition coefficient (Wildman–Crippen LogP) is 0.416. The molecule has 0 aliphatic heterocycles. The maximum atomic E-state index is 11.1. The summed E-state index contributed by atoms with van der Waals surface area (Å²) in [5.74, 6) is -0.799. The predicted molar refractivity (Wildman–Crippen MR) is 50.9 cm³/mol. The Morgan fingerprint density at radius 2 is 2.07 bits per heavy atom. The van der Waals surface area contributed by atoms with Gasteiger partial charge < -0.3 is 15.7 Å². The Labute approximate surface area is 82.9 Å². The number of rotatable bonds is 5. The Kier molecular flexibility index (Phi) is 3.73. The molecule has 5 heteroatoms. The van der Waals surface area contributed by atoms with Gasteiger partial charge in [-0.05, 0) is 18.8 Å². The van der Waals surface area contributed by atoms with Crippen LogP contribution < -0.4 is 10.6 Å². The summed E-state index contributed by atoms with van der Waals surface area (Å²) >= 11 is 0. The molecule has 0 saturated heterocycles. The van der Waals surface area contributed by atoms with Crippen LogP contribution in [0.1, 0.15) is 19.8 Å². The molecule has 0 aromatic carbocycles. The lowest BCUT2D eigenvalue weighted by molar-refractivity contribution is -0.140. The van der Waals surface area contributed by atoms with Crippen LogP contribution in [-0.2, 0) is 4.79 Å². The number of carbonyl (C=O) groups is 2. The van der Waals surface area contributed by atoms with E-state index in [0.717, 1.165) is 0 Å². The van der Waals surface area contributed by atoms with Crippen LogP contribution in [0.25, 0.3) is 0 Å². The van der Waals surface area contributed by atoms with Gasteiger partial charge in [-0.1, -0.05) is 6.92 Å². The van der Waals surface area contributed by atoms with E-state index in [0.29, 0.717) is 12.5 Å². The molecule has 5 nitrogen and oxygen atoms in total. The quantitative estimate of drug-likeness (QED) is 0.601. The molecular formula is C9H16N2O3. The summed E-state index contributed by atoms with van der Waals surface area (Å²) in [4.78, 5) is 21.5. The van der Waals surface area contributed by atoms with Gasteiger partial charge in [-0.25, -0.2) is 4.79 Å². The SMILES string of the molecule is CC(CNC(=O)NCC1CC1)C(=O)O. The van der Waals surface area contributed by atoms with Crippen molar-refractivity contribution in [1.29, 1.82) is 0 Å². The van der Waals surface area contributed by atoms with E-state index in [4.69, 9.17) is 5.11 Å². The Bertz CT molecular complexity index is 226. The summed E-state index contributed by atoms with van der Waals surface area (Å²) in [5, 5.41) is 13.8. The highest BCUT2D eigenvalue weighted by molar-refractivity contribution is 5.75. The number of carboxylic acid groups (broad SMARTS) is 1. The smallest absolute Gasteiger partial charge is 0.314 e. The molecule has 3 N–H and O–H groups in total. The fourth-order valence-electron chi connectivity index (χ4n) is 0.955. The topological polar surface area (TPSA) is 78.4 Å². The van der Waals surface area contributed by atoms with Crippen molar-refractivity contribution in [2.45, 2.75) is 19.8 Å². The highest BCUT2D eigenvalue weighted by atomic mass is 16.4.